The van der Waals surface area contributed by atoms with E-state index in [1.807, 2.05) is 0 Å². The lowest BCUT2D eigenvalue weighted by atomic mass is 10.1. The van der Waals surface area contributed by atoms with Crippen LogP contribution in [0.25, 0.3) is 0 Å². The van der Waals surface area contributed by atoms with Crippen LogP contribution in [0.1, 0.15) is 33.1 Å². The number of benzene rings is 1. The van der Waals surface area contributed by atoms with Crippen molar-refractivity contribution in [2.24, 2.45) is 5.92 Å². The zero-order chi connectivity index (χ0) is 15.4. The predicted octanol–water partition coefficient (Wildman–Crippen LogP) is 2.86. The van der Waals surface area contributed by atoms with Crippen molar-refractivity contribution in [2.45, 2.75) is 39.2 Å². The van der Waals surface area contributed by atoms with Crippen molar-refractivity contribution in [2.75, 3.05) is 24.1 Å². The summed E-state index contributed by atoms with van der Waals surface area (Å²) in [6.07, 6.45) is 3.37. The van der Waals surface area contributed by atoms with E-state index >= 15 is 0 Å². The van der Waals surface area contributed by atoms with Crippen LogP contribution in [0.15, 0.2) is 18.2 Å². The summed E-state index contributed by atoms with van der Waals surface area (Å²) in [4.78, 5) is 14.3. The third kappa shape index (κ3) is 5.01. The summed E-state index contributed by atoms with van der Waals surface area (Å²) in [5.74, 6) is -0.0338. The smallest absolute Gasteiger partial charge is 0.238 e. The normalized spacial score (nSPS) is 14.7. The van der Waals surface area contributed by atoms with Crippen LogP contribution in [0, 0.1) is 11.7 Å². The number of rotatable bonds is 7. The number of hydrogen-bond donors (Lipinski definition) is 2. The maximum atomic E-state index is 13.6. The number of nitrogen functional groups attached to an aromatic ring is 1. The standard InChI is InChI=1S/C16H24FN3O/c1-11(2)7-8-20(13-4-5-13)10-16(21)19-15-9-12(18)3-6-14(15)17/h3,6,9,11,13H,4-5,7-8,10,18H2,1-2H3,(H,19,21). The minimum Gasteiger partial charge on any atom is -0.399 e. The molecule has 0 aromatic heterocycles. The highest BCUT2D eigenvalue weighted by Crippen LogP contribution is 2.27. The molecule has 0 saturated heterocycles. The van der Waals surface area contributed by atoms with Gasteiger partial charge in [0.25, 0.3) is 0 Å². The number of carbonyl (C=O) groups excluding carboxylic acids is 1. The van der Waals surface area contributed by atoms with E-state index < -0.39 is 5.82 Å². The number of amides is 1. The molecule has 1 aliphatic carbocycles. The second-order valence-corrected chi connectivity index (χ2v) is 6.17. The average Bonchev–Trinajstić information content (AvgIpc) is 3.23. The van der Waals surface area contributed by atoms with Crippen LogP contribution in [0.4, 0.5) is 15.8 Å². The first kappa shape index (κ1) is 15.8. The van der Waals surface area contributed by atoms with Gasteiger partial charge in [0.05, 0.1) is 12.2 Å². The van der Waals surface area contributed by atoms with Gasteiger partial charge in [-0.25, -0.2) is 4.39 Å². The number of nitrogens with one attached hydrogen (secondary N) is 1. The van der Waals surface area contributed by atoms with Crippen LogP contribution in [0.3, 0.4) is 0 Å². The zero-order valence-electron chi connectivity index (χ0n) is 12.7. The molecular formula is C16H24FN3O. The van der Waals surface area contributed by atoms with Crippen LogP contribution < -0.4 is 11.1 Å². The highest BCUT2D eigenvalue weighted by Gasteiger charge is 2.30. The molecule has 21 heavy (non-hydrogen) atoms. The highest BCUT2D eigenvalue weighted by atomic mass is 19.1. The quantitative estimate of drug-likeness (QED) is 0.760. The maximum Gasteiger partial charge on any atom is 0.238 e. The molecule has 4 nitrogen and oxygen atoms in total. The van der Waals surface area contributed by atoms with Crippen molar-refractivity contribution in [3.8, 4) is 0 Å². The van der Waals surface area contributed by atoms with Crippen molar-refractivity contribution in [3.63, 3.8) is 0 Å². The number of carbonyl (C=O) groups is 1. The number of nitrogens with two attached hydrogens (primary N) is 1. The first-order chi connectivity index (χ1) is 9.95. The van der Waals surface area contributed by atoms with Crippen LogP contribution in [0.5, 0.6) is 0 Å². The van der Waals surface area contributed by atoms with Gasteiger partial charge in [-0.2, -0.15) is 0 Å². The Labute approximate surface area is 125 Å². The highest BCUT2D eigenvalue weighted by molar-refractivity contribution is 5.92. The molecule has 1 aromatic carbocycles. The van der Waals surface area contributed by atoms with E-state index in [1.165, 1.54) is 18.2 Å². The molecule has 1 saturated carbocycles. The van der Waals surface area contributed by atoms with E-state index in [4.69, 9.17) is 5.73 Å². The fraction of sp³-hybridized carbons (Fsp3) is 0.562. The molecular weight excluding hydrogens is 269 g/mol. The van der Waals surface area contributed by atoms with Gasteiger partial charge in [0.15, 0.2) is 0 Å². The Morgan fingerprint density at radius 1 is 1.48 bits per heavy atom. The monoisotopic (exact) mass is 293 g/mol. The molecule has 1 aromatic rings. The lowest BCUT2D eigenvalue weighted by Crippen LogP contribution is -2.36. The molecule has 1 fully saturated rings. The van der Waals surface area contributed by atoms with Crippen molar-refractivity contribution >= 4 is 17.3 Å². The topological polar surface area (TPSA) is 58.4 Å². The molecule has 0 spiro atoms. The Balaban J connectivity index is 1.91. The summed E-state index contributed by atoms with van der Waals surface area (Å²) < 4.78 is 13.6. The Morgan fingerprint density at radius 3 is 2.81 bits per heavy atom. The molecule has 0 heterocycles. The summed E-state index contributed by atoms with van der Waals surface area (Å²) in [6.45, 7) is 5.57. The van der Waals surface area contributed by atoms with Gasteiger partial charge in [0.2, 0.25) is 5.91 Å². The molecule has 0 aliphatic heterocycles. The van der Waals surface area contributed by atoms with Gasteiger partial charge in [0.1, 0.15) is 5.82 Å². The summed E-state index contributed by atoms with van der Waals surface area (Å²) in [7, 11) is 0. The summed E-state index contributed by atoms with van der Waals surface area (Å²) >= 11 is 0. The van der Waals surface area contributed by atoms with Gasteiger partial charge in [-0.05, 0) is 49.9 Å². The van der Waals surface area contributed by atoms with E-state index in [-0.39, 0.29) is 11.6 Å². The molecule has 5 heteroatoms. The van der Waals surface area contributed by atoms with Gasteiger partial charge < -0.3 is 11.1 Å². The van der Waals surface area contributed by atoms with Crippen LogP contribution in [0.2, 0.25) is 0 Å². The molecule has 2 rings (SSSR count). The predicted molar refractivity (Wildman–Crippen MR) is 83.5 cm³/mol. The van der Waals surface area contributed by atoms with Gasteiger partial charge in [0, 0.05) is 11.7 Å². The van der Waals surface area contributed by atoms with Gasteiger partial charge >= 0.3 is 0 Å². The molecule has 3 N–H and O–H groups in total. The summed E-state index contributed by atoms with van der Waals surface area (Å²) in [6, 6.07) is 4.70. The molecule has 0 bridgehead atoms. The third-order valence-corrected chi connectivity index (χ3v) is 3.67. The summed E-state index contributed by atoms with van der Waals surface area (Å²) in [5, 5.41) is 2.62. The summed E-state index contributed by atoms with van der Waals surface area (Å²) in [5.41, 5.74) is 6.20. The van der Waals surface area contributed by atoms with Gasteiger partial charge in [-0.3, -0.25) is 9.69 Å². The Kier molecular flexibility index (Phi) is 5.17. The molecule has 116 valence electrons. The fourth-order valence-electron chi connectivity index (χ4n) is 2.27. The fourth-order valence-corrected chi connectivity index (χ4v) is 2.27. The average molecular weight is 293 g/mol. The van der Waals surface area contributed by atoms with E-state index in [0.717, 1.165) is 25.8 Å². The van der Waals surface area contributed by atoms with E-state index in [0.29, 0.717) is 24.2 Å². The Hall–Kier alpha value is -1.62. The number of halogens is 1. The van der Waals surface area contributed by atoms with Crippen molar-refractivity contribution < 1.29 is 9.18 Å². The van der Waals surface area contributed by atoms with Gasteiger partial charge in [-0.1, -0.05) is 13.8 Å². The van der Waals surface area contributed by atoms with Crippen molar-refractivity contribution in [3.05, 3.63) is 24.0 Å². The largest absolute Gasteiger partial charge is 0.399 e. The first-order valence-electron chi connectivity index (χ1n) is 7.54. The van der Waals surface area contributed by atoms with Crippen LogP contribution in [-0.4, -0.2) is 29.9 Å². The second kappa shape index (κ2) is 6.89. The minimum absolute atomic E-state index is 0.152. The second-order valence-electron chi connectivity index (χ2n) is 6.17. The number of hydrogen-bond acceptors (Lipinski definition) is 3. The lowest BCUT2D eigenvalue weighted by molar-refractivity contribution is -0.117. The van der Waals surface area contributed by atoms with E-state index in [9.17, 15) is 9.18 Å². The van der Waals surface area contributed by atoms with Crippen molar-refractivity contribution in [1.29, 1.82) is 0 Å². The van der Waals surface area contributed by atoms with Crippen LogP contribution >= 0.6 is 0 Å². The zero-order valence-corrected chi connectivity index (χ0v) is 12.7. The molecule has 0 unspecified atom stereocenters. The first-order valence-corrected chi connectivity index (χ1v) is 7.54. The number of nitrogens with zero attached hydrogens (tertiary/aromatic N) is 1. The lowest BCUT2D eigenvalue weighted by Gasteiger charge is -2.22. The minimum atomic E-state index is -0.460. The Bertz CT molecular complexity index is 500. The Morgan fingerprint density at radius 2 is 2.19 bits per heavy atom. The number of anilines is 2. The third-order valence-electron chi connectivity index (χ3n) is 3.67. The maximum absolute atomic E-state index is 13.6. The molecule has 0 atom stereocenters. The molecule has 1 amide bonds. The SMILES string of the molecule is CC(C)CCN(CC(=O)Nc1cc(N)ccc1F)C1CC1. The van der Waals surface area contributed by atoms with E-state index in [1.54, 1.807) is 0 Å². The van der Waals surface area contributed by atoms with Crippen LogP contribution in [-0.2, 0) is 4.79 Å². The van der Waals surface area contributed by atoms with Crippen molar-refractivity contribution in [1.82, 2.24) is 4.90 Å². The van der Waals surface area contributed by atoms with Gasteiger partial charge in [-0.15, -0.1) is 0 Å². The molecule has 1 aliphatic rings. The molecule has 0 radical (unpaired) electrons. The van der Waals surface area contributed by atoms with E-state index in [2.05, 4.69) is 24.1 Å².